The first-order chi connectivity index (χ1) is 9.24. The monoisotopic (exact) mass is 274 g/mol. The van der Waals surface area contributed by atoms with Gasteiger partial charge in [0.25, 0.3) is 0 Å². The molecule has 3 nitrogen and oxygen atoms in total. The molecule has 0 unspecified atom stereocenters. The van der Waals surface area contributed by atoms with Gasteiger partial charge in [0, 0.05) is 36.4 Å². The largest absolute Gasteiger partial charge is 0.312 e. The third kappa shape index (κ3) is 2.57. The van der Waals surface area contributed by atoms with Gasteiger partial charge in [-0.15, -0.1) is 0 Å². The van der Waals surface area contributed by atoms with Gasteiger partial charge in [-0.1, -0.05) is 23.7 Å². The Bertz CT molecular complexity index is 601. The maximum absolute atomic E-state index is 12.3. The van der Waals surface area contributed by atoms with Crippen molar-refractivity contribution in [1.82, 2.24) is 9.88 Å². The van der Waals surface area contributed by atoms with E-state index in [0.717, 1.165) is 30.8 Å². The van der Waals surface area contributed by atoms with E-state index in [-0.39, 0.29) is 5.91 Å². The molecule has 0 radical (unpaired) electrons. The fourth-order valence-electron chi connectivity index (χ4n) is 2.47. The van der Waals surface area contributed by atoms with Crippen molar-refractivity contribution in [2.75, 3.05) is 6.54 Å². The quantitative estimate of drug-likeness (QED) is 0.914. The van der Waals surface area contributed by atoms with E-state index in [1.807, 2.05) is 36.5 Å². The Kier molecular flexibility index (Phi) is 3.40. The number of nitrogens with zero attached hydrogens (tertiary/aromatic N) is 1. The lowest BCUT2D eigenvalue weighted by molar-refractivity contribution is 0.0911. The van der Waals surface area contributed by atoms with Gasteiger partial charge in [-0.25, -0.2) is 0 Å². The van der Waals surface area contributed by atoms with E-state index in [4.69, 9.17) is 11.6 Å². The van der Waals surface area contributed by atoms with Gasteiger partial charge >= 0.3 is 0 Å². The summed E-state index contributed by atoms with van der Waals surface area (Å²) in [5, 5.41) is 4.00. The van der Waals surface area contributed by atoms with E-state index in [0.29, 0.717) is 11.4 Å². The molecule has 1 aliphatic heterocycles. The molecule has 2 aromatic rings. The second-order valence-corrected chi connectivity index (χ2v) is 5.22. The van der Waals surface area contributed by atoms with E-state index in [1.165, 1.54) is 5.56 Å². The van der Waals surface area contributed by atoms with Crippen LogP contribution in [0.1, 0.15) is 21.6 Å². The minimum absolute atomic E-state index is 0.116. The highest BCUT2D eigenvalue weighted by Crippen LogP contribution is 2.17. The van der Waals surface area contributed by atoms with Crippen LogP contribution in [0.25, 0.3) is 0 Å². The second kappa shape index (κ2) is 5.19. The molecule has 1 aromatic carbocycles. The first kappa shape index (κ1) is 12.5. The molecule has 0 aliphatic carbocycles. The molecule has 19 heavy (non-hydrogen) atoms. The van der Waals surface area contributed by atoms with Crippen molar-refractivity contribution < 1.29 is 4.79 Å². The Morgan fingerprint density at radius 1 is 1.26 bits per heavy atom. The molecule has 0 bridgehead atoms. The molecule has 0 amide bonds. The Morgan fingerprint density at radius 2 is 2.05 bits per heavy atom. The van der Waals surface area contributed by atoms with Crippen LogP contribution in [0, 0.1) is 0 Å². The van der Waals surface area contributed by atoms with Gasteiger partial charge < -0.3 is 5.32 Å². The lowest BCUT2D eigenvalue weighted by atomic mass is 10.1. The average Bonchev–Trinajstić information content (AvgIpc) is 2.85. The van der Waals surface area contributed by atoms with Gasteiger partial charge in [-0.05, 0) is 29.3 Å². The summed E-state index contributed by atoms with van der Waals surface area (Å²) < 4.78 is 1.80. The van der Waals surface area contributed by atoms with Crippen LogP contribution in [0.5, 0.6) is 0 Å². The van der Waals surface area contributed by atoms with E-state index < -0.39 is 0 Å². The predicted molar refractivity (Wildman–Crippen MR) is 75.6 cm³/mol. The predicted octanol–water partition coefficient (Wildman–Crippen LogP) is 2.67. The first-order valence-electron chi connectivity index (χ1n) is 6.41. The molecule has 4 heteroatoms. The van der Waals surface area contributed by atoms with Crippen LogP contribution < -0.4 is 5.32 Å². The Morgan fingerprint density at radius 3 is 2.84 bits per heavy atom. The molecule has 0 atom stereocenters. The fraction of sp³-hybridized carbons (Fsp3) is 0.267. The van der Waals surface area contributed by atoms with Crippen LogP contribution in [0.4, 0.5) is 0 Å². The zero-order chi connectivity index (χ0) is 13.2. The topological polar surface area (TPSA) is 34.0 Å². The molecular formula is C15H15ClN2O. The molecule has 0 saturated heterocycles. The van der Waals surface area contributed by atoms with Gasteiger partial charge in [-0.2, -0.15) is 0 Å². The summed E-state index contributed by atoms with van der Waals surface area (Å²) in [6, 6.07) is 9.47. The summed E-state index contributed by atoms with van der Waals surface area (Å²) in [5.74, 6) is 0.116. The highest BCUT2D eigenvalue weighted by molar-refractivity contribution is 6.30. The van der Waals surface area contributed by atoms with Crippen LogP contribution in [0.15, 0.2) is 36.5 Å². The normalized spacial score (nSPS) is 14.2. The smallest absolute Gasteiger partial charge is 0.235 e. The summed E-state index contributed by atoms with van der Waals surface area (Å²) in [5.41, 5.74) is 3.37. The molecule has 1 aromatic heterocycles. The number of halogens is 1. The van der Waals surface area contributed by atoms with Crippen LogP contribution in [-0.4, -0.2) is 17.0 Å². The van der Waals surface area contributed by atoms with E-state index >= 15 is 0 Å². The van der Waals surface area contributed by atoms with E-state index in [9.17, 15) is 4.79 Å². The van der Waals surface area contributed by atoms with Gasteiger partial charge in [0.05, 0.1) is 6.42 Å². The molecule has 3 rings (SSSR count). The zero-order valence-corrected chi connectivity index (χ0v) is 11.3. The summed E-state index contributed by atoms with van der Waals surface area (Å²) in [4.78, 5) is 12.3. The van der Waals surface area contributed by atoms with E-state index in [1.54, 1.807) is 4.57 Å². The van der Waals surface area contributed by atoms with Crippen molar-refractivity contribution in [3.8, 4) is 0 Å². The van der Waals surface area contributed by atoms with Crippen LogP contribution in [-0.2, 0) is 19.4 Å². The highest BCUT2D eigenvalue weighted by Gasteiger charge is 2.17. The number of carbonyl (C=O) groups is 1. The summed E-state index contributed by atoms with van der Waals surface area (Å²) >= 11 is 5.85. The molecule has 1 aliphatic rings. The Balaban J connectivity index is 1.80. The molecule has 2 heterocycles. The number of fused-ring (bicyclic) bond motifs is 1. The average molecular weight is 275 g/mol. The minimum Gasteiger partial charge on any atom is -0.312 e. The van der Waals surface area contributed by atoms with Crippen LogP contribution in [0.3, 0.4) is 0 Å². The molecular weight excluding hydrogens is 260 g/mol. The van der Waals surface area contributed by atoms with Crippen molar-refractivity contribution in [3.05, 3.63) is 58.4 Å². The van der Waals surface area contributed by atoms with Crippen molar-refractivity contribution in [1.29, 1.82) is 0 Å². The van der Waals surface area contributed by atoms with Gasteiger partial charge in [0.1, 0.15) is 0 Å². The fourth-order valence-corrected chi connectivity index (χ4v) is 2.60. The molecule has 0 fully saturated rings. The van der Waals surface area contributed by atoms with Gasteiger partial charge in [0.15, 0.2) is 0 Å². The number of hydrogen-bond donors (Lipinski definition) is 1. The third-order valence-electron chi connectivity index (χ3n) is 3.48. The highest BCUT2D eigenvalue weighted by atomic mass is 35.5. The maximum atomic E-state index is 12.3. The summed E-state index contributed by atoms with van der Waals surface area (Å²) in [6.45, 7) is 1.79. The summed E-state index contributed by atoms with van der Waals surface area (Å²) in [7, 11) is 0. The summed E-state index contributed by atoms with van der Waals surface area (Å²) in [6.07, 6.45) is 3.20. The van der Waals surface area contributed by atoms with Crippen molar-refractivity contribution in [3.63, 3.8) is 0 Å². The standard InChI is InChI=1S/C15H15ClN2O/c16-13-3-1-11(2-4-13)9-15(19)18-8-6-12-10-17-7-5-14(12)18/h1-4,6,8,17H,5,7,9-10H2. The molecule has 1 N–H and O–H groups in total. The molecule has 98 valence electrons. The number of hydrogen-bond acceptors (Lipinski definition) is 2. The van der Waals surface area contributed by atoms with Gasteiger partial charge in [0.2, 0.25) is 5.91 Å². The van der Waals surface area contributed by atoms with Crippen molar-refractivity contribution in [2.45, 2.75) is 19.4 Å². The van der Waals surface area contributed by atoms with Gasteiger partial charge in [-0.3, -0.25) is 9.36 Å². The van der Waals surface area contributed by atoms with Crippen LogP contribution >= 0.6 is 11.6 Å². The van der Waals surface area contributed by atoms with Crippen molar-refractivity contribution in [2.24, 2.45) is 0 Å². The number of benzene rings is 1. The maximum Gasteiger partial charge on any atom is 0.235 e. The minimum atomic E-state index is 0.116. The van der Waals surface area contributed by atoms with Crippen molar-refractivity contribution >= 4 is 17.5 Å². The van der Waals surface area contributed by atoms with Crippen LogP contribution in [0.2, 0.25) is 5.02 Å². The number of carbonyl (C=O) groups excluding carboxylic acids is 1. The first-order valence-corrected chi connectivity index (χ1v) is 6.79. The number of rotatable bonds is 2. The molecule has 0 spiro atoms. The lowest BCUT2D eigenvalue weighted by Crippen LogP contribution is -2.26. The Hall–Kier alpha value is -1.58. The van der Waals surface area contributed by atoms with E-state index in [2.05, 4.69) is 5.32 Å². The molecule has 0 saturated carbocycles. The number of nitrogens with one attached hydrogen (secondary N) is 1. The zero-order valence-electron chi connectivity index (χ0n) is 10.5. The number of aromatic nitrogens is 1. The Labute approximate surface area is 117 Å². The second-order valence-electron chi connectivity index (χ2n) is 4.78. The SMILES string of the molecule is O=C(Cc1ccc(Cl)cc1)n1ccc2c1CCNC2. The third-order valence-corrected chi connectivity index (χ3v) is 3.73. The lowest BCUT2D eigenvalue weighted by Gasteiger charge is -2.16.